The van der Waals surface area contributed by atoms with Gasteiger partial charge in [0.1, 0.15) is 0 Å². The van der Waals surface area contributed by atoms with E-state index in [1.807, 2.05) is 0 Å². The number of aliphatic hydroxyl groups is 1. The van der Waals surface area contributed by atoms with Crippen LogP contribution in [0.5, 0.6) is 0 Å². The molecule has 1 aromatic carbocycles. The lowest BCUT2D eigenvalue weighted by atomic mass is 9.81. The van der Waals surface area contributed by atoms with E-state index in [4.69, 9.17) is 0 Å². The zero-order valence-electron chi connectivity index (χ0n) is 10.2. The maximum atomic E-state index is 10.00. The van der Waals surface area contributed by atoms with Crippen molar-refractivity contribution in [3.05, 3.63) is 35.4 Å². The SMILES string of the molecule is CCCc1ccc([C@H]2CCCC[C@@H]2O)cc1. The Kier molecular flexibility index (Phi) is 4.00. The Morgan fingerprint density at radius 2 is 1.81 bits per heavy atom. The molecule has 0 bridgehead atoms. The second-order valence-corrected chi connectivity index (χ2v) is 4.95. The molecule has 0 unspecified atom stereocenters. The Hall–Kier alpha value is -0.820. The molecule has 16 heavy (non-hydrogen) atoms. The second-order valence-electron chi connectivity index (χ2n) is 4.95. The lowest BCUT2D eigenvalue weighted by Crippen LogP contribution is -2.22. The van der Waals surface area contributed by atoms with Crippen molar-refractivity contribution in [3.8, 4) is 0 Å². The first kappa shape index (κ1) is 11.7. The smallest absolute Gasteiger partial charge is 0.0608 e. The predicted octanol–water partition coefficient (Wildman–Crippen LogP) is 3.66. The number of rotatable bonds is 3. The van der Waals surface area contributed by atoms with Crippen LogP contribution in [0.15, 0.2) is 24.3 Å². The summed E-state index contributed by atoms with van der Waals surface area (Å²) < 4.78 is 0. The molecule has 0 radical (unpaired) electrons. The van der Waals surface area contributed by atoms with E-state index in [0.717, 1.165) is 19.3 Å². The van der Waals surface area contributed by atoms with Crippen LogP contribution >= 0.6 is 0 Å². The highest BCUT2D eigenvalue weighted by molar-refractivity contribution is 5.26. The fourth-order valence-corrected chi connectivity index (χ4v) is 2.72. The van der Waals surface area contributed by atoms with Crippen LogP contribution in [-0.2, 0) is 6.42 Å². The largest absolute Gasteiger partial charge is 0.392 e. The van der Waals surface area contributed by atoms with Crippen molar-refractivity contribution in [2.75, 3.05) is 0 Å². The van der Waals surface area contributed by atoms with Gasteiger partial charge in [0.15, 0.2) is 0 Å². The van der Waals surface area contributed by atoms with Gasteiger partial charge in [-0.25, -0.2) is 0 Å². The Balaban J connectivity index is 2.08. The van der Waals surface area contributed by atoms with Crippen molar-refractivity contribution in [3.63, 3.8) is 0 Å². The summed E-state index contributed by atoms with van der Waals surface area (Å²) in [6, 6.07) is 8.87. The molecule has 88 valence electrons. The molecule has 1 aliphatic carbocycles. The second kappa shape index (κ2) is 5.49. The summed E-state index contributed by atoms with van der Waals surface area (Å²) in [7, 11) is 0. The lowest BCUT2D eigenvalue weighted by Gasteiger charge is -2.28. The third kappa shape index (κ3) is 2.65. The maximum absolute atomic E-state index is 10.00. The van der Waals surface area contributed by atoms with E-state index in [9.17, 15) is 5.11 Å². The highest BCUT2D eigenvalue weighted by atomic mass is 16.3. The van der Waals surface area contributed by atoms with Crippen LogP contribution in [-0.4, -0.2) is 11.2 Å². The predicted molar refractivity (Wildman–Crippen MR) is 67.7 cm³/mol. The maximum Gasteiger partial charge on any atom is 0.0608 e. The van der Waals surface area contributed by atoms with Crippen molar-refractivity contribution >= 4 is 0 Å². The minimum Gasteiger partial charge on any atom is -0.392 e. The molecule has 1 fully saturated rings. The first-order valence-corrected chi connectivity index (χ1v) is 6.58. The molecular formula is C15H22O. The van der Waals surface area contributed by atoms with Crippen molar-refractivity contribution in [1.82, 2.24) is 0 Å². The quantitative estimate of drug-likeness (QED) is 0.821. The number of aliphatic hydroxyl groups excluding tert-OH is 1. The van der Waals surface area contributed by atoms with Crippen LogP contribution in [0.2, 0.25) is 0 Å². The Morgan fingerprint density at radius 1 is 1.12 bits per heavy atom. The Morgan fingerprint density at radius 3 is 2.44 bits per heavy atom. The van der Waals surface area contributed by atoms with E-state index in [2.05, 4.69) is 31.2 Å². The van der Waals surface area contributed by atoms with Gasteiger partial charge in [0.05, 0.1) is 6.10 Å². The van der Waals surface area contributed by atoms with Gasteiger partial charge in [-0.2, -0.15) is 0 Å². The van der Waals surface area contributed by atoms with Crippen LogP contribution in [0.1, 0.15) is 56.1 Å². The van der Waals surface area contributed by atoms with E-state index >= 15 is 0 Å². The fourth-order valence-electron chi connectivity index (χ4n) is 2.72. The summed E-state index contributed by atoms with van der Waals surface area (Å²) >= 11 is 0. The molecule has 0 aromatic heterocycles. The molecule has 0 heterocycles. The molecule has 1 heteroatoms. The van der Waals surface area contributed by atoms with Gasteiger partial charge in [0, 0.05) is 5.92 Å². The highest BCUT2D eigenvalue weighted by Gasteiger charge is 2.24. The molecule has 0 amide bonds. The van der Waals surface area contributed by atoms with Crippen LogP contribution in [0.4, 0.5) is 0 Å². The minimum absolute atomic E-state index is 0.120. The van der Waals surface area contributed by atoms with Gasteiger partial charge in [0.25, 0.3) is 0 Å². The van der Waals surface area contributed by atoms with Gasteiger partial charge >= 0.3 is 0 Å². The van der Waals surface area contributed by atoms with Gasteiger partial charge in [-0.3, -0.25) is 0 Å². The van der Waals surface area contributed by atoms with Gasteiger partial charge < -0.3 is 5.11 Å². The summed E-state index contributed by atoms with van der Waals surface area (Å²) in [4.78, 5) is 0. The molecule has 1 saturated carbocycles. The van der Waals surface area contributed by atoms with E-state index in [1.165, 1.54) is 30.4 Å². The fraction of sp³-hybridized carbons (Fsp3) is 0.600. The summed E-state index contributed by atoms with van der Waals surface area (Å²) in [6.07, 6.45) is 6.81. The summed E-state index contributed by atoms with van der Waals surface area (Å²) in [5.41, 5.74) is 2.74. The Bertz CT molecular complexity index is 315. The first-order chi connectivity index (χ1) is 7.81. The molecule has 1 nitrogen and oxygen atoms in total. The van der Waals surface area contributed by atoms with Crippen molar-refractivity contribution in [1.29, 1.82) is 0 Å². The highest BCUT2D eigenvalue weighted by Crippen LogP contribution is 2.33. The summed E-state index contributed by atoms with van der Waals surface area (Å²) in [5, 5.41) is 10.00. The average Bonchev–Trinajstić information content (AvgIpc) is 2.31. The minimum atomic E-state index is -0.120. The average molecular weight is 218 g/mol. The summed E-state index contributed by atoms with van der Waals surface area (Å²) in [6.45, 7) is 2.21. The molecule has 0 aliphatic heterocycles. The van der Waals surface area contributed by atoms with Gasteiger partial charge in [-0.1, -0.05) is 50.5 Å². The van der Waals surface area contributed by atoms with Gasteiger partial charge in [-0.15, -0.1) is 0 Å². The number of hydrogen-bond donors (Lipinski definition) is 1. The third-order valence-corrected chi connectivity index (χ3v) is 3.68. The van der Waals surface area contributed by atoms with Crippen LogP contribution in [0.25, 0.3) is 0 Å². The van der Waals surface area contributed by atoms with Crippen molar-refractivity contribution < 1.29 is 5.11 Å². The van der Waals surface area contributed by atoms with Crippen molar-refractivity contribution in [2.45, 2.75) is 57.5 Å². The molecule has 2 rings (SSSR count). The van der Waals surface area contributed by atoms with Gasteiger partial charge in [-0.05, 0) is 30.4 Å². The van der Waals surface area contributed by atoms with Crippen LogP contribution in [0.3, 0.4) is 0 Å². The molecular weight excluding hydrogens is 196 g/mol. The first-order valence-electron chi connectivity index (χ1n) is 6.58. The number of aryl methyl sites for hydroxylation is 1. The summed E-state index contributed by atoms with van der Waals surface area (Å²) in [5.74, 6) is 0.379. The third-order valence-electron chi connectivity index (χ3n) is 3.68. The van der Waals surface area contributed by atoms with E-state index in [0.29, 0.717) is 5.92 Å². The Labute approximate surface area is 98.5 Å². The zero-order valence-corrected chi connectivity index (χ0v) is 10.2. The lowest BCUT2D eigenvalue weighted by molar-refractivity contribution is 0.106. The molecule has 0 saturated heterocycles. The number of benzene rings is 1. The van der Waals surface area contributed by atoms with E-state index in [-0.39, 0.29) is 6.10 Å². The van der Waals surface area contributed by atoms with E-state index < -0.39 is 0 Å². The molecule has 1 aromatic rings. The van der Waals surface area contributed by atoms with Crippen molar-refractivity contribution in [2.24, 2.45) is 0 Å². The molecule has 1 aliphatic rings. The van der Waals surface area contributed by atoms with Crippen LogP contribution < -0.4 is 0 Å². The van der Waals surface area contributed by atoms with E-state index in [1.54, 1.807) is 0 Å². The molecule has 2 atom stereocenters. The molecule has 1 N–H and O–H groups in total. The normalized spacial score (nSPS) is 25.6. The zero-order chi connectivity index (χ0) is 11.4. The topological polar surface area (TPSA) is 20.2 Å². The van der Waals surface area contributed by atoms with Crippen LogP contribution in [0, 0.1) is 0 Å². The number of hydrogen-bond acceptors (Lipinski definition) is 1. The van der Waals surface area contributed by atoms with Gasteiger partial charge in [0.2, 0.25) is 0 Å². The standard InChI is InChI=1S/C15H22O/c1-2-5-12-8-10-13(11-9-12)14-6-3-4-7-15(14)16/h8-11,14-16H,2-7H2,1H3/t14-,15+/m1/s1. The monoisotopic (exact) mass is 218 g/mol. The molecule has 0 spiro atoms.